The van der Waals surface area contributed by atoms with Crippen LogP contribution in [0.25, 0.3) is 0 Å². The van der Waals surface area contributed by atoms with E-state index in [1.165, 1.54) is 6.07 Å². The number of carboxylic acids is 3. The molecular formula is C26H37N3O17. The molecule has 2 amide bonds. The number of nitrogens with zero attached hydrogens (tertiary/aromatic N) is 1. The van der Waals surface area contributed by atoms with Crippen LogP contribution in [-0.2, 0) is 44.8 Å². The smallest absolute Gasteiger partial charge is 0.404 e. The Bertz CT molecular complexity index is 1180. The summed E-state index contributed by atoms with van der Waals surface area (Å²) in [6.07, 6.45) is -12.8. The molecule has 0 bridgehead atoms. The second-order valence-electron chi connectivity index (χ2n) is 9.73. The minimum absolute atomic E-state index is 0.0270. The Kier molecular flexibility index (Phi) is 15.5. The number of primary amides is 1. The van der Waals surface area contributed by atoms with Crippen LogP contribution < -0.4 is 16.4 Å². The van der Waals surface area contributed by atoms with Crippen molar-refractivity contribution in [1.82, 2.24) is 4.90 Å². The molecule has 258 valence electrons. The second kappa shape index (κ2) is 18.7. The van der Waals surface area contributed by atoms with Crippen LogP contribution in [0.2, 0.25) is 0 Å². The molecule has 5 atom stereocenters. The van der Waals surface area contributed by atoms with E-state index in [-0.39, 0.29) is 45.1 Å². The predicted molar refractivity (Wildman–Crippen MR) is 147 cm³/mol. The quantitative estimate of drug-likeness (QED) is 0.0517. The Balaban J connectivity index is 2.47. The summed E-state index contributed by atoms with van der Waals surface area (Å²) >= 11 is 0. The third-order valence-electron chi connectivity index (χ3n) is 6.43. The first-order valence-corrected chi connectivity index (χ1v) is 13.6. The van der Waals surface area contributed by atoms with E-state index >= 15 is 0 Å². The number of aliphatic carboxylic acids is 3. The maximum absolute atomic E-state index is 14.0. The fourth-order valence-electron chi connectivity index (χ4n) is 4.26. The van der Waals surface area contributed by atoms with E-state index < -0.39 is 97.4 Å². The summed E-state index contributed by atoms with van der Waals surface area (Å²) in [7, 11) is 0. The minimum Gasteiger partial charge on any atom is -0.481 e. The van der Waals surface area contributed by atoms with Gasteiger partial charge < -0.3 is 69.8 Å². The third-order valence-corrected chi connectivity index (χ3v) is 6.43. The topological polar surface area (TPSA) is 317 Å². The molecule has 10 N–H and O–H groups in total. The van der Waals surface area contributed by atoms with Crippen LogP contribution in [-0.4, -0.2) is 142 Å². The van der Waals surface area contributed by atoms with E-state index in [1.807, 2.05) is 0 Å². The summed E-state index contributed by atoms with van der Waals surface area (Å²) in [6, 6.07) is 2.14. The van der Waals surface area contributed by atoms with Crippen molar-refractivity contribution in [1.29, 1.82) is 0 Å². The molecule has 0 unspecified atom stereocenters. The van der Waals surface area contributed by atoms with Gasteiger partial charge in [0.15, 0.2) is 6.10 Å². The third kappa shape index (κ3) is 11.7. The lowest BCUT2D eigenvalue weighted by molar-refractivity contribution is -0.271. The van der Waals surface area contributed by atoms with Crippen LogP contribution in [0, 0.1) is 0 Å². The lowest BCUT2D eigenvalue weighted by Crippen LogP contribution is -2.61. The summed E-state index contributed by atoms with van der Waals surface area (Å²) in [5, 5.41) is 58.9. The molecule has 0 radical (unpaired) electrons. The molecule has 0 spiro atoms. The molecule has 1 aliphatic rings. The first kappa shape index (κ1) is 38.0. The number of carbonyl (C=O) groups is 5. The normalized spacial score (nSPS) is 21.0. The number of hydrogen-bond acceptors (Lipinski definition) is 15. The highest BCUT2D eigenvalue weighted by Crippen LogP contribution is 2.30. The Morgan fingerprint density at radius 2 is 1.48 bits per heavy atom. The Labute approximate surface area is 260 Å². The van der Waals surface area contributed by atoms with Crippen molar-refractivity contribution in [2.75, 3.05) is 39.6 Å². The van der Waals surface area contributed by atoms with Gasteiger partial charge in [0.2, 0.25) is 6.29 Å². The van der Waals surface area contributed by atoms with Crippen molar-refractivity contribution in [2.45, 2.75) is 56.2 Å². The average Bonchev–Trinajstić information content (AvgIpc) is 2.98. The fraction of sp³-hybridized carbons (Fsp3) is 0.577. The standard InChI is InChI=1S/C26H37N3O17/c27-26(40)43-12-13-1-2-16(45-25-21(36)19(34)20(35)22(46-25)24(38)39)15(9-13)23(37)29(14(10-17(30)31)11-18(32)33)3-4-41-5-6-42-7-8-44-28/h1-2,9,14,19-22,25,34-36H,3-8,10-12,28H2,(H2,27,40)(H,30,31)(H,32,33)(H,38,39)/t19-,20-,21+,22-,25+/m0/s1. The van der Waals surface area contributed by atoms with Crippen LogP contribution in [0.5, 0.6) is 5.75 Å². The largest absolute Gasteiger partial charge is 0.481 e. The van der Waals surface area contributed by atoms with Gasteiger partial charge >= 0.3 is 24.0 Å². The Morgan fingerprint density at radius 3 is 2.04 bits per heavy atom. The number of aliphatic hydroxyl groups is 3. The van der Waals surface area contributed by atoms with Gasteiger partial charge in [-0.1, -0.05) is 6.07 Å². The van der Waals surface area contributed by atoms with Crippen LogP contribution in [0.3, 0.4) is 0 Å². The number of ether oxygens (including phenoxy) is 5. The summed E-state index contributed by atoms with van der Waals surface area (Å²) in [5.41, 5.74) is 4.77. The molecule has 20 heteroatoms. The van der Waals surface area contributed by atoms with Gasteiger partial charge in [0.05, 0.1) is 57.5 Å². The van der Waals surface area contributed by atoms with Gasteiger partial charge in [-0.3, -0.25) is 14.4 Å². The van der Waals surface area contributed by atoms with Crippen molar-refractivity contribution in [3.05, 3.63) is 29.3 Å². The molecule has 0 saturated carbocycles. The van der Waals surface area contributed by atoms with Crippen molar-refractivity contribution >= 4 is 29.9 Å². The summed E-state index contributed by atoms with van der Waals surface area (Å²) in [4.78, 5) is 65.3. The predicted octanol–water partition coefficient (Wildman–Crippen LogP) is -2.76. The van der Waals surface area contributed by atoms with Gasteiger partial charge in [0.25, 0.3) is 5.91 Å². The summed E-state index contributed by atoms with van der Waals surface area (Å²) in [5.74, 6) is -1.06. The maximum atomic E-state index is 14.0. The monoisotopic (exact) mass is 663 g/mol. The number of benzene rings is 1. The van der Waals surface area contributed by atoms with E-state index in [0.29, 0.717) is 0 Å². The number of nitrogens with two attached hydrogens (primary N) is 2. The molecule has 1 aromatic carbocycles. The molecule has 20 nitrogen and oxygen atoms in total. The molecule has 46 heavy (non-hydrogen) atoms. The highest BCUT2D eigenvalue weighted by molar-refractivity contribution is 5.98. The molecule has 2 rings (SSSR count). The zero-order valence-corrected chi connectivity index (χ0v) is 24.3. The summed E-state index contributed by atoms with van der Waals surface area (Å²) in [6.45, 7) is -0.575. The maximum Gasteiger partial charge on any atom is 0.404 e. The Hall–Kier alpha value is -4.15. The lowest BCUT2D eigenvalue weighted by Gasteiger charge is -2.38. The van der Waals surface area contributed by atoms with E-state index in [1.54, 1.807) is 0 Å². The minimum atomic E-state index is -2.04. The highest BCUT2D eigenvalue weighted by Gasteiger charge is 2.48. The molecule has 1 saturated heterocycles. The Morgan fingerprint density at radius 1 is 0.870 bits per heavy atom. The highest BCUT2D eigenvalue weighted by atomic mass is 16.7. The van der Waals surface area contributed by atoms with Gasteiger partial charge in [0, 0.05) is 6.54 Å². The van der Waals surface area contributed by atoms with Gasteiger partial charge in [-0.15, -0.1) is 0 Å². The van der Waals surface area contributed by atoms with Crippen molar-refractivity contribution < 1.29 is 83.1 Å². The van der Waals surface area contributed by atoms with E-state index in [9.17, 15) is 54.6 Å². The number of carboxylic acid groups (broad SMARTS) is 3. The molecular weight excluding hydrogens is 626 g/mol. The lowest BCUT2D eigenvalue weighted by atomic mass is 9.99. The van der Waals surface area contributed by atoms with E-state index in [2.05, 4.69) is 4.84 Å². The van der Waals surface area contributed by atoms with E-state index in [4.69, 9.17) is 35.3 Å². The number of hydrogen-bond donors (Lipinski definition) is 8. The zero-order chi connectivity index (χ0) is 34.4. The van der Waals surface area contributed by atoms with Crippen LogP contribution in [0.4, 0.5) is 4.79 Å². The van der Waals surface area contributed by atoms with Crippen molar-refractivity contribution in [3.8, 4) is 5.75 Å². The molecule has 1 aliphatic heterocycles. The van der Waals surface area contributed by atoms with Gasteiger partial charge in [0.1, 0.15) is 30.7 Å². The van der Waals surface area contributed by atoms with Gasteiger partial charge in [-0.05, 0) is 17.7 Å². The van der Waals surface area contributed by atoms with Crippen LogP contribution in [0.15, 0.2) is 18.2 Å². The number of aliphatic hydroxyl groups excluding tert-OH is 3. The molecule has 1 fully saturated rings. The van der Waals surface area contributed by atoms with Crippen LogP contribution >= 0.6 is 0 Å². The van der Waals surface area contributed by atoms with Gasteiger partial charge in [-0.2, -0.15) is 0 Å². The van der Waals surface area contributed by atoms with E-state index in [0.717, 1.165) is 17.0 Å². The molecule has 1 aromatic rings. The fourth-order valence-corrected chi connectivity index (χ4v) is 4.26. The zero-order valence-electron chi connectivity index (χ0n) is 24.3. The summed E-state index contributed by atoms with van der Waals surface area (Å²) < 4.78 is 26.1. The average molecular weight is 664 g/mol. The number of carbonyl (C=O) groups excluding carboxylic acids is 2. The van der Waals surface area contributed by atoms with Gasteiger partial charge in [-0.25, -0.2) is 15.5 Å². The number of rotatable bonds is 20. The first-order valence-electron chi connectivity index (χ1n) is 13.6. The van der Waals surface area contributed by atoms with Crippen molar-refractivity contribution in [3.63, 3.8) is 0 Å². The molecule has 0 aliphatic carbocycles. The second-order valence-corrected chi connectivity index (χ2v) is 9.73. The van der Waals surface area contributed by atoms with Crippen LogP contribution in [0.1, 0.15) is 28.8 Å². The number of amides is 2. The molecule has 0 aromatic heterocycles. The molecule has 1 heterocycles. The SMILES string of the molecule is NOCCOCCOCCN(C(=O)c1cc(COC(N)=O)ccc1O[C@@H]1O[C@H](C(=O)O)[C@@H](O)[C@H](O)[C@H]1O)C(CC(=O)O)CC(=O)O. The van der Waals surface area contributed by atoms with Crippen molar-refractivity contribution in [2.24, 2.45) is 11.6 Å². The first-order chi connectivity index (χ1) is 21.8.